The van der Waals surface area contributed by atoms with Crippen molar-refractivity contribution in [3.8, 4) is 11.5 Å². The molecule has 0 spiro atoms. The van der Waals surface area contributed by atoms with Gasteiger partial charge in [-0.05, 0) is 66.6 Å². The van der Waals surface area contributed by atoms with Crippen molar-refractivity contribution in [2.24, 2.45) is 0 Å². The first kappa shape index (κ1) is 29.9. The lowest BCUT2D eigenvalue weighted by molar-refractivity contribution is -0.143. The zero-order chi connectivity index (χ0) is 29.7. The number of ether oxygens (including phenoxy) is 2. The molecule has 0 aliphatic heterocycles. The first-order chi connectivity index (χ1) is 18.7. The molecule has 40 heavy (non-hydrogen) atoms. The van der Waals surface area contributed by atoms with Crippen molar-refractivity contribution in [1.29, 1.82) is 0 Å². The Labute approximate surface area is 224 Å². The summed E-state index contributed by atoms with van der Waals surface area (Å²) in [5.74, 6) is -1.25. The van der Waals surface area contributed by atoms with E-state index < -0.39 is 47.6 Å². The average Bonchev–Trinajstić information content (AvgIpc) is 2.87. The zero-order valence-corrected chi connectivity index (χ0v) is 21.0. The third-order valence-corrected chi connectivity index (χ3v) is 5.31. The van der Waals surface area contributed by atoms with Crippen LogP contribution in [0.3, 0.4) is 0 Å². The number of halogens is 6. The van der Waals surface area contributed by atoms with Crippen LogP contribution in [0.25, 0.3) is 6.08 Å². The summed E-state index contributed by atoms with van der Waals surface area (Å²) >= 11 is 0. The van der Waals surface area contributed by atoms with E-state index in [0.717, 1.165) is 5.56 Å². The number of anilines is 3. The molecule has 13 heteroatoms. The summed E-state index contributed by atoms with van der Waals surface area (Å²) in [5.41, 5.74) is 4.35. The van der Waals surface area contributed by atoms with Crippen molar-refractivity contribution in [1.82, 2.24) is 0 Å². The maximum atomic E-state index is 13.0. The molecule has 0 atom stereocenters. The first-order valence-corrected chi connectivity index (χ1v) is 11.4. The van der Waals surface area contributed by atoms with Gasteiger partial charge in [0.25, 0.3) is 5.91 Å². The topological polar surface area (TPSA) is 103 Å². The summed E-state index contributed by atoms with van der Waals surface area (Å²) in [6.45, 7) is 1.11. The van der Waals surface area contributed by atoms with Crippen LogP contribution in [0.4, 0.5) is 43.4 Å². The number of alkyl halides is 6. The molecule has 0 saturated carbocycles. The van der Waals surface area contributed by atoms with Crippen molar-refractivity contribution in [2.75, 3.05) is 30.1 Å². The highest BCUT2D eigenvalue weighted by Gasteiger charge is 2.37. The van der Waals surface area contributed by atoms with E-state index in [1.54, 1.807) is 18.2 Å². The summed E-state index contributed by atoms with van der Waals surface area (Å²) in [4.78, 5) is 24.5. The monoisotopic (exact) mass is 567 g/mol. The van der Waals surface area contributed by atoms with Gasteiger partial charge in [-0.15, -0.1) is 0 Å². The van der Waals surface area contributed by atoms with Crippen LogP contribution in [0.1, 0.15) is 22.3 Å². The molecule has 0 radical (unpaired) electrons. The van der Waals surface area contributed by atoms with Crippen molar-refractivity contribution in [3.05, 3.63) is 82.9 Å². The Kier molecular flexibility index (Phi) is 8.97. The van der Waals surface area contributed by atoms with Crippen LogP contribution in [0.15, 0.2) is 60.7 Å². The minimum absolute atomic E-state index is 0.0470. The predicted octanol–water partition coefficient (Wildman–Crippen LogP) is 6.29. The Balaban J connectivity index is 1.66. The molecular weight excluding hydrogens is 544 g/mol. The van der Waals surface area contributed by atoms with Gasteiger partial charge in [0.15, 0.2) is 18.1 Å². The normalized spacial score (nSPS) is 11.8. The van der Waals surface area contributed by atoms with E-state index in [4.69, 9.17) is 15.2 Å². The molecule has 3 aromatic carbocycles. The second-order valence-corrected chi connectivity index (χ2v) is 8.45. The molecule has 3 aromatic rings. The van der Waals surface area contributed by atoms with Crippen molar-refractivity contribution in [3.63, 3.8) is 0 Å². The number of nitrogen functional groups attached to an aromatic ring is 1. The summed E-state index contributed by atoms with van der Waals surface area (Å²) in [5, 5.41) is 4.62. The lowest BCUT2D eigenvalue weighted by Crippen LogP contribution is -2.21. The predicted molar refractivity (Wildman–Crippen MR) is 137 cm³/mol. The highest BCUT2D eigenvalue weighted by atomic mass is 19.4. The molecule has 7 nitrogen and oxygen atoms in total. The van der Waals surface area contributed by atoms with Crippen LogP contribution < -0.4 is 25.8 Å². The molecule has 4 N–H and O–H groups in total. The average molecular weight is 567 g/mol. The molecule has 212 valence electrons. The van der Waals surface area contributed by atoms with Crippen molar-refractivity contribution in [2.45, 2.75) is 19.3 Å². The van der Waals surface area contributed by atoms with Gasteiger partial charge in [0.1, 0.15) is 0 Å². The Hall–Kier alpha value is -4.68. The third kappa shape index (κ3) is 8.16. The molecular formula is C27H23F6N3O4. The van der Waals surface area contributed by atoms with Crippen LogP contribution in [0.5, 0.6) is 11.5 Å². The van der Waals surface area contributed by atoms with Crippen LogP contribution >= 0.6 is 0 Å². The molecule has 0 unspecified atom stereocenters. The number of rotatable bonds is 8. The van der Waals surface area contributed by atoms with E-state index in [9.17, 15) is 35.9 Å². The first-order valence-electron chi connectivity index (χ1n) is 11.4. The van der Waals surface area contributed by atoms with Crippen molar-refractivity contribution < 1.29 is 45.4 Å². The van der Waals surface area contributed by atoms with Gasteiger partial charge in [-0.2, -0.15) is 26.3 Å². The lowest BCUT2D eigenvalue weighted by atomic mass is 10.1. The second kappa shape index (κ2) is 12.0. The van der Waals surface area contributed by atoms with Gasteiger partial charge < -0.3 is 25.8 Å². The summed E-state index contributed by atoms with van der Waals surface area (Å²) in [6, 6.07) is 10.3. The molecule has 0 aromatic heterocycles. The van der Waals surface area contributed by atoms with Crippen molar-refractivity contribution >= 4 is 35.0 Å². The molecule has 0 aliphatic carbocycles. The smallest absolute Gasteiger partial charge is 0.416 e. The van der Waals surface area contributed by atoms with E-state index in [0.29, 0.717) is 29.1 Å². The molecule has 0 heterocycles. The summed E-state index contributed by atoms with van der Waals surface area (Å²) in [6.07, 6.45) is -7.39. The highest BCUT2D eigenvalue weighted by Crippen LogP contribution is 2.37. The van der Waals surface area contributed by atoms with Gasteiger partial charge in [0.2, 0.25) is 5.91 Å². The Bertz CT molecular complexity index is 1400. The standard InChI is InChI=1S/C27H23F6N3O4/c1-15-3-6-21(20(34)9-15)36-24(37)8-5-16-4-7-22(23(10-16)39-2)40-14-25(38)35-19-12-17(26(28,29)30)11-18(13-19)27(31,32)33/h3-13H,14,34H2,1-2H3,(H,35,38)(H,36,37)/b8-5+. The fourth-order valence-electron chi connectivity index (χ4n) is 3.42. The van der Waals surface area contributed by atoms with Crippen LogP contribution in [0.2, 0.25) is 0 Å². The highest BCUT2D eigenvalue weighted by molar-refractivity contribution is 6.03. The molecule has 0 aliphatic rings. The quantitative estimate of drug-likeness (QED) is 0.169. The van der Waals surface area contributed by atoms with Gasteiger partial charge in [0, 0.05) is 11.8 Å². The molecule has 2 amide bonds. The summed E-state index contributed by atoms with van der Waals surface area (Å²) in [7, 11) is 1.31. The van der Waals surface area contributed by atoms with Gasteiger partial charge in [-0.1, -0.05) is 12.1 Å². The van der Waals surface area contributed by atoms with Gasteiger partial charge in [-0.3, -0.25) is 9.59 Å². The number of aryl methyl sites for hydroxylation is 1. The second-order valence-electron chi connectivity index (χ2n) is 8.45. The van der Waals surface area contributed by atoms with E-state index in [1.807, 2.05) is 12.2 Å². The minimum atomic E-state index is -5.06. The number of amides is 2. The zero-order valence-electron chi connectivity index (χ0n) is 21.0. The number of nitrogens with one attached hydrogen (secondary N) is 2. The maximum absolute atomic E-state index is 13.0. The van der Waals surface area contributed by atoms with E-state index in [-0.39, 0.29) is 17.6 Å². The van der Waals surface area contributed by atoms with Gasteiger partial charge in [-0.25, -0.2) is 0 Å². The number of carbonyl (C=O) groups is 2. The van der Waals surface area contributed by atoms with Gasteiger partial charge >= 0.3 is 12.4 Å². The largest absolute Gasteiger partial charge is 0.493 e. The van der Waals surface area contributed by atoms with E-state index in [2.05, 4.69) is 5.32 Å². The molecule has 3 rings (SSSR count). The third-order valence-electron chi connectivity index (χ3n) is 5.31. The van der Waals surface area contributed by atoms with Crippen LogP contribution in [-0.4, -0.2) is 25.5 Å². The summed E-state index contributed by atoms with van der Waals surface area (Å²) < 4.78 is 88.8. The minimum Gasteiger partial charge on any atom is -0.493 e. The van der Waals surface area contributed by atoms with E-state index >= 15 is 0 Å². The number of hydrogen-bond acceptors (Lipinski definition) is 5. The Morgan fingerprint density at radius 2 is 1.52 bits per heavy atom. The number of methoxy groups -OCH3 is 1. The number of hydrogen-bond donors (Lipinski definition) is 3. The number of carbonyl (C=O) groups excluding carboxylic acids is 2. The fourth-order valence-corrected chi connectivity index (χ4v) is 3.42. The van der Waals surface area contributed by atoms with Crippen LogP contribution in [-0.2, 0) is 21.9 Å². The molecule has 0 saturated heterocycles. The van der Waals surface area contributed by atoms with Gasteiger partial charge in [0.05, 0.1) is 29.6 Å². The fraction of sp³-hybridized carbons (Fsp3) is 0.185. The SMILES string of the molecule is COc1cc(/C=C/C(=O)Nc2ccc(C)cc2N)ccc1OCC(=O)Nc1cc(C(F)(F)F)cc(C(F)(F)F)c1. The number of nitrogens with two attached hydrogens (primary N) is 1. The Morgan fingerprint density at radius 3 is 2.10 bits per heavy atom. The maximum Gasteiger partial charge on any atom is 0.416 e. The van der Waals surface area contributed by atoms with Crippen LogP contribution in [0, 0.1) is 6.92 Å². The molecule has 0 fully saturated rings. The van der Waals surface area contributed by atoms with E-state index in [1.165, 1.54) is 37.5 Å². The molecule has 0 bridgehead atoms. The number of benzene rings is 3. The Morgan fingerprint density at radius 1 is 0.875 bits per heavy atom. The lowest BCUT2D eigenvalue weighted by Gasteiger charge is -2.15.